The van der Waals surface area contributed by atoms with E-state index in [1.807, 2.05) is 0 Å². The molecule has 0 bridgehead atoms. The second-order valence-electron chi connectivity index (χ2n) is 4.73. The zero-order chi connectivity index (χ0) is 13.6. The van der Waals surface area contributed by atoms with Crippen molar-refractivity contribution in [1.29, 1.82) is 0 Å². The van der Waals surface area contributed by atoms with Gasteiger partial charge in [-0.1, -0.05) is 6.58 Å². The van der Waals surface area contributed by atoms with Gasteiger partial charge < -0.3 is 15.4 Å². The second kappa shape index (κ2) is 4.27. The van der Waals surface area contributed by atoms with Gasteiger partial charge in [-0.05, 0) is 12.0 Å². The van der Waals surface area contributed by atoms with Crippen LogP contribution in [-0.4, -0.2) is 37.4 Å². The van der Waals surface area contributed by atoms with Crippen molar-refractivity contribution in [1.82, 2.24) is 19.5 Å². The molecule has 2 aromatic rings. The van der Waals surface area contributed by atoms with E-state index in [1.165, 1.54) is 12.7 Å². The van der Waals surface area contributed by atoms with Crippen molar-refractivity contribution in [2.24, 2.45) is 5.92 Å². The second-order valence-corrected chi connectivity index (χ2v) is 4.73. The Balaban J connectivity index is 2.10. The molecule has 1 aliphatic carbocycles. The molecule has 2 heterocycles. The van der Waals surface area contributed by atoms with Gasteiger partial charge in [0, 0.05) is 12.5 Å². The lowest BCUT2D eigenvalue weighted by Gasteiger charge is -2.17. The molecule has 0 saturated heterocycles. The van der Waals surface area contributed by atoms with Crippen LogP contribution in [0.4, 0.5) is 10.2 Å². The molecule has 100 valence electrons. The van der Waals surface area contributed by atoms with E-state index in [9.17, 15) is 9.50 Å². The number of imidazole rings is 1. The fourth-order valence-electron chi connectivity index (χ4n) is 2.64. The Morgan fingerprint density at radius 2 is 2.26 bits per heavy atom. The number of halogens is 1. The standard InChI is InChI=1S/C12H14FN5O/c1-6-7(3-19)2-8(13)10(6)18-5-17-9-11(14)15-4-16-12(9)18/h4-5,7-8,10,19H,1-3H2,(H2,14,15,16)/t7?,8-,10?/m0/s1. The van der Waals surface area contributed by atoms with Crippen LogP contribution in [0.3, 0.4) is 0 Å². The SMILES string of the molecule is C=C1C(CO)C[C@H](F)C1n1cnc2c(N)ncnc21. The van der Waals surface area contributed by atoms with Gasteiger partial charge in [-0.3, -0.25) is 0 Å². The summed E-state index contributed by atoms with van der Waals surface area (Å²) in [5, 5.41) is 9.23. The summed E-state index contributed by atoms with van der Waals surface area (Å²) in [5.74, 6) is 0.0399. The number of nitrogen functional groups attached to an aromatic ring is 1. The number of rotatable bonds is 2. The van der Waals surface area contributed by atoms with E-state index in [-0.39, 0.29) is 24.8 Å². The van der Waals surface area contributed by atoms with Gasteiger partial charge in [0.25, 0.3) is 0 Å². The molecule has 0 aliphatic heterocycles. The summed E-state index contributed by atoms with van der Waals surface area (Å²) in [6.07, 6.45) is 1.97. The Kier molecular flexibility index (Phi) is 2.70. The third kappa shape index (κ3) is 1.69. The molecule has 3 rings (SSSR count). The molecule has 0 aromatic carbocycles. The van der Waals surface area contributed by atoms with Crippen LogP contribution in [0.15, 0.2) is 24.8 Å². The lowest BCUT2D eigenvalue weighted by atomic mass is 10.0. The number of hydrogen-bond donors (Lipinski definition) is 2. The molecule has 0 radical (unpaired) electrons. The highest BCUT2D eigenvalue weighted by Gasteiger charge is 2.39. The van der Waals surface area contributed by atoms with Crippen LogP contribution >= 0.6 is 0 Å². The lowest BCUT2D eigenvalue weighted by Crippen LogP contribution is -2.16. The Bertz CT molecular complexity index is 640. The maximum absolute atomic E-state index is 14.2. The first kappa shape index (κ1) is 12.0. The Hall–Kier alpha value is -2.02. The van der Waals surface area contributed by atoms with Crippen molar-refractivity contribution in [3.05, 3.63) is 24.8 Å². The van der Waals surface area contributed by atoms with Crippen LogP contribution in [0.2, 0.25) is 0 Å². The Morgan fingerprint density at radius 1 is 1.47 bits per heavy atom. The zero-order valence-electron chi connectivity index (χ0n) is 10.2. The molecule has 1 aliphatic rings. The summed E-state index contributed by atoms with van der Waals surface area (Å²) in [6.45, 7) is 3.80. The maximum atomic E-state index is 14.2. The minimum absolute atomic E-state index is 0.0977. The highest BCUT2D eigenvalue weighted by molar-refractivity contribution is 5.81. The summed E-state index contributed by atoms with van der Waals surface area (Å²) >= 11 is 0. The highest BCUT2D eigenvalue weighted by atomic mass is 19.1. The fourth-order valence-corrected chi connectivity index (χ4v) is 2.64. The first-order valence-electron chi connectivity index (χ1n) is 6.00. The number of nitrogens with zero attached hydrogens (tertiary/aromatic N) is 4. The van der Waals surface area contributed by atoms with Crippen LogP contribution < -0.4 is 5.73 Å². The van der Waals surface area contributed by atoms with E-state index >= 15 is 0 Å². The number of anilines is 1. The Labute approximate surface area is 108 Å². The molecular weight excluding hydrogens is 249 g/mol. The van der Waals surface area contributed by atoms with Crippen LogP contribution in [-0.2, 0) is 0 Å². The molecule has 1 saturated carbocycles. The molecule has 19 heavy (non-hydrogen) atoms. The van der Waals surface area contributed by atoms with Gasteiger partial charge in [-0.25, -0.2) is 19.3 Å². The molecule has 0 spiro atoms. The molecule has 2 unspecified atom stereocenters. The first-order valence-corrected chi connectivity index (χ1v) is 6.00. The summed E-state index contributed by atoms with van der Waals surface area (Å²) < 4.78 is 15.8. The van der Waals surface area contributed by atoms with Crippen LogP contribution in [0.25, 0.3) is 11.2 Å². The van der Waals surface area contributed by atoms with E-state index in [0.29, 0.717) is 16.7 Å². The predicted octanol–water partition coefficient (Wildman–Crippen LogP) is 0.856. The normalized spacial score (nSPS) is 27.3. The van der Waals surface area contributed by atoms with Gasteiger partial charge in [0.2, 0.25) is 0 Å². The van der Waals surface area contributed by atoms with Gasteiger partial charge in [0.1, 0.15) is 18.0 Å². The summed E-state index contributed by atoms with van der Waals surface area (Å²) in [7, 11) is 0. The lowest BCUT2D eigenvalue weighted by molar-refractivity contribution is 0.226. The topological polar surface area (TPSA) is 89.8 Å². The summed E-state index contributed by atoms with van der Waals surface area (Å²) in [6, 6.07) is -0.559. The first-order chi connectivity index (χ1) is 9.13. The van der Waals surface area contributed by atoms with Gasteiger partial charge in [-0.15, -0.1) is 0 Å². The largest absolute Gasteiger partial charge is 0.396 e. The smallest absolute Gasteiger partial charge is 0.166 e. The van der Waals surface area contributed by atoms with E-state index < -0.39 is 12.2 Å². The molecular formula is C12H14FN5O. The quantitative estimate of drug-likeness (QED) is 0.784. The van der Waals surface area contributed by atoms with Crippen molar-refractivity contribution >= 4 is 17.0 Å². The van der Waals surface area contributed by atoms with Crippen molar-refractivity contribution in [2.75, 3.05) is 12.3 Å². The number of aromatic nitrogens is 4. The molecule has 2 aromatic heterocycles. The molecule has 0 amide bonds. The summed E-state index contributed by atoms with van der Waals surface area (Å²) in [4.78, 5) is 12.1. The highest BCUT2D eigenvalue weighted by Crippen LogP contribution is 2.41. The van der Waals surface area contributed by atoms with Crippen molar-refractivity contribution in [3.8, 4) is 0 Å². The molecule has 6 nitrogen and oxygen atoms in total. The van der Waals surface area contributed by atoms with E-state index in [2.05, 4.69) is 21.5 Å². The van der Waals surface area contributed by atoms with Gasteiger partial charge in [-0.2, -0.15) is 0 Å². The number of alkyl halides is 1. The van der Waals surface area contributed by atoms with Crippen molar-refractivity contribution in [2.45, 2.75) is 18.6 Å². The molecule has 7 heteroatoms. The number of hydrogen-bond acceptors (Lipinski definition) is 5. The number of fused-ring (bicyclic) bond motifs is 1. The molecule has 3 N–H and O–H groups in total. The fraction of sp³-hybridized carbons (Fsp3) is 0.417. The van der Waals surface area contributed by atoms with Crippen LogP contribution in [0, 0.1) is 5.92 Å². The van der Waals surface area contributed by atoms with Crippen molar-refractivity contribution < 1.29 is 9.50 Å². The maximum Gasteiger partial charge on any atom is 0.166 e. The van der Waals surface area contributed by atoms with Gasteiger partial charge >= 0.3 is 0 Å². The minimum atomic E-state index is -1.11. The number of aliphatic hydroxyl groups is 1. The minimum Gasteiger partial charge on any atom is -0.396 e. The third-order valence-electron chi connectivity index (χ3n) is 3.66. The van der Waals surface area contributed by atoms with Gasteiger partial charge in [0.15, 0.2) is 11.5 Å². The average Bonchev–Trinajstić information content (AvgIpc) is 2.92. The van der Waals surface area contributed by atoms with E-state index in [1.54, 1.807) is 4.57 Å². The monoisotopic (exact) mass is 263 g/mol. The third-order valence-corrected chi connectivity index (χ3v) is 3.66. The zero-order valence-corrected chi connectivity index (χ0v) is 10.2. The number of aliphatic hydroxyl groups excluding tert-OH is 1. The van der Waals surface area contributed by atoms with Crippen molar-refractivity contribution in [3.63, 3.8) is 0 Å². The average molecular weight is 263 g/mol. The number of nitrogens with two attached hydrogens (primary N) is 1. The van der Waals surface area contributed by atoms with E-state index in [0.717, 1.165) is 0 Å². The molecule has 1 fully saturated rings. The molecule has 3 atom stereocenters. The van der Waals surface area contributed by atoms with Gasteiger partial charge in [0.05, 0.1) is 12.4 Å². The predicted molar refractivity (Wildman–Crippen MR) is 68.0 cm³/mol. The van der Waals surface area contributed by atoms with Crippen LogP contribution in [0.5, 0.6) is 0 Å². The van der Waals surface area contributed by atoms with Crippen LogP contribution in [0.1, 0.15) is 12.5 Å². The Morgan fingerprint density at radius 3 is 2.95 bits per heavy atom. The van der Waals surface area contributed by atoms with E-state index in [4.69, 9.17) is 5.73 Å². The summed E-state index contributed by atoms with van der Waals surface area (Å²) in [5.41, 5.74) is 7.31.